The number of hydrogen-bond donors (Lipinski definition) is 2. The first-order valence-electron chi connectivity index (χ1n) is 6.85. The van der Waals surface area contributed by atoms with E-state index in [4.69, 9.17) is 4.84 Å². The zero-order valence-corrected chi connectivity index (χ0v) is 12.8. The van der Waals surface area contributed by atoms with E-state index in [0.717, 1.165) is 5.56 Å². The summed E-state index contributed by atoms with van der Waals surface area (Å²) in [7, 11) is -4.25. The van der Waals surface area contributed by atoms with Gasteiger partial charge in [-0.25, -0.2) is 0 Å². The molecule has 2 N–H and O–H groups in total. The third kappa shape index (κ3) is 5.11. The van der Waals surface area contributed by atoms with Crippen LogP contribution in [0.15, 0.2) is 65.8 Å². The normalized spacial score (nSPS) is 13.2. The van der Waals surface area contributed by atoms with Crippen LogP contribution in [0.5, 0.6) is 0 Å². The monoisotopic (exact) mass is 319 g/mol. The maximum absolute atomic E-state index is 11.6. The minimum atomic E-state index is -4.25. The predicted molar refractivity (Wildman–Crippen MR) is 85.6 cm³/mol. The lowest BCUT2D eigenvalue weighted by atomic mass is 10.1. The number of benzene rings is 2. The first-order valence-corrected chi connectivity index (χ1v) is 8.53. The van der Waals surface area contributed by atoms with Gasteiger partial charge in [-0.3, -0.25) is 4.57 Å². The van der Waals surface area contributed by atoms with Crippen molar-refractivity contribution in [2.45, 2.75) is 18.7 Å². The van der Waals surface area contributed by atoms with Crippen LogP contribution in [-0.2, 0) is 16.0 Å². The predicted octanol–water partition coefficient (Wildman–Crippen LogP) is 3.50. The number of nitrogens with zero attached hydrogens (tertiary/aromatic N) is 1. The second-order valence-corrected chi connectivity index (χ2v) is 6.60. The topological polar surface area (TPSA) is 79.1 Å². The van der Waals surface area contributed by atoms with Gasteiger partial charge in [0.25, 0.3) is 0 Å². The first-order chi connectivity index (χ1) is 10.6. The summed E-state index contributed by atoms with van der Waals surface area (Å²) in [6.45, 7) is 0.323. The Morgan fingerprint density at radius 2 is 1.64 bits per heavy atom. The van der Waals surface area contributed by atoms with Gasteiger partial charge in [0.1, 0.15) is 6.61 Å². The molecule has 2 aromatic carbocycles. The van der Waals surface area contributed by atoms with E-state index in [0.29, 0.717) is 12.2 Å². The summed E-state index contributed by atoms with van der Waals surface area (Å²) in [6.07, 6.45) is 1.52. The minimum absolute atomic E-state index is 0.114. The maximum atomic E-state index is 11.6. The molecule has 0 fully saturated rings. The lowest BCUT2D eigenvalue weighted by Gasteiger charge is -2.16. The first kappa shape index (κ1) is 16.4. The average molecular weight is 319 g/mol. The Kier molecular flexibility index (Phi) is 5.90. The van der Waals surface area contributed by atoms with E-state index in [-0.39, 0.29) is 6.42 Å². The Morgan fingerprint density at radius 1 is 1.05 bits per heavy atom. The molecule has 0 aromatic heterocycles. The highest BCUT2D eigenvalue weighted by molar-refractivity contribution is 7.52. The summed E-state index contributed by atoms with van der Waals surface area (Å²) in [5, 5.41) is 3.78. The molecule has 22 heavy (non-hydrogen) atoms. The Balaban J connectivity index is 1.92. The quantitative estimate of drug-likeness (QED) is 0.465. The van der Waals surface area contributed by atoms with Crippen molar-refractivity contribution in [3.05, 3.63) is 71.8 Å². The van der Waals surface area contributed by atoms with Crippen molar-refractivity contribution < 1.29 is 19.2 Å². The third-order valence-corrected chi connectivity index (χ3v) is 4.46. The molecule has 0 aliphatic heterocycles. The summed E-state index contributed by atoms with van der Waals surface area (Å²) in [5.74, 6) is 0. The number of hydrogen-bond acceptors (Lipinski definition) is 3. The van der Waals surface area contributed by atoms with Gasteiger partial charge in [-0.05, 0) is 11.1 Å². The van der Waals surface area contributed by atoms with E-state index < -0.39 is 13.3 Å². The van der Waals surface area contributed by atoms with Crippen molar-refractivity contribution >= 4 is 13.8 Å². The van der Waals surface area contributed by atoms with Crippen LogP contribution in [-0.4, -0.2) is 16.0 Å². The highest BCUT2D eigenvalue weighted by Crippen LogP contribution is 2.53. The molecular formula is C16H18NO4P. The van der Waals surface area contributed by atoms with Crippen LogP contribution in [0.3, 0.4) is 0 Å². The molecule has 0 heterocycles. The Labute approximate surface area is 129 Å². The zero-order valence-electron chi connectivity index (χ0n) is 11.9. The Morgan fingerprint density at radius 3 is 2.23 bits per heavy atom. The molecule has 0 aliphatic rings. The fourth-order valence-corrected chi connectivity index (χ4v) is 2.95. The van der Waals surface area contributed by atoms with Crippen molar-refractivity contribution in [2.75, 3.05) is 0 Å². The molecule has 0 spiro atoms. The van der Waals surface area contributed by atoms with Crippen molar-refractivity contribution in [1.29, 1.82) is 0 Å². The smallest absolute Gasteiger partial charge is 0.333 e. The lowest BCUT2D eigenvalue weighted by molar-refractivity contribution is 0.131. The molecule has 0 amide bonds. The van der Waals surface area contributed by atoms with Crippen molar-refractivity contribution in [1.82, 2.24) is 0 Å². The van der Waals surface area contributed by atoms with Crippen LogP contribution in [0.2, 0.25) is 0 Å². The Bertz CT molecular complexity index is 640. The van der Waals surface area contributed by atoms with Crippen molar-refractivity contribution in [3.63, 3.8) is 0 Å². The fraction of sp³-hybridized carbons (Fsp3) is 0.188. The molecule has 0 aliphatic carbocycles. The molecule has 6 heteroatoms. The van der Waals surface area contributed by atoms with Crippen LogP contribution >= 0.6 is 7.60 Å². The lowest BCUT2D eigenvalue weighted by Crippen LogP contribution is -2.01. The Hall–Kier alpha value is -1.94. The van der Waals surface area contributed by atoms with E-state index >= 15 is 0 Å². The summed E-state index contributed by atoms with van der Waals surface area (Å²) in [6, 6.07) is 18.3. The molecule has 5 nitrogen and oxygen atoms in total. The SMILES string of the molecule is O=P(O)(O)C(C/C=N/OCc1ccccc1)c1ccccc1. The summed E-state index contributed by atoms with van der Waals surface area (Å²) in [5.41, 5.74) is 0.664. The molecule has 1 unspecified atom stereocenters. The van der Waals surface area contributed by atoms with E-state index in [1.54, 1.807) is 30.3 Å². The van der Waals surface area contributed by atoms with E-state index in [9.17, 15) is 14.4 Å². The van der Waals surface area contributed by atoms with Gasteiger partial charge in [-0.1, -0.05) is 65.8 Å². The van der Waals surface area contributed by atoms with Crippen molar-refractivity contribution in [3.8, 4) is 0 Å². The number of rotatable bonds is 7. The van der Waals surface area contributed by atoms with Gasteiger partial charge in [0.05, 0.1) is 5.66 Å². The van der Waals surface area contributed by atoms with Crippen LogP contribution in [0.1, 0.15) is 23.2 Å². The molecule has 0 saturated carbocycles. The molecule has 1 atom stereocenters. The van der Waals surface area contributed by atoms with Gasteiger partial charge in [-0.2, -0.15) is 0 Å². The molecule has 2 rings (SSSR count). The van der Waals surface area contributed by atoms with Crippen LogP contribution in [0, 0.1) is 0 Å². The fourth-order valence-electron chi connectivity index (χ4n) is 2.02. The highest BCUT2D eigenvalue weighted by atomic mass is 31.2. The van der Waals surface area contributed by atoms with Gasteiger partial charge in [-0.15, -0.1) is 0 Å². The molecule has 116 valence electrons. The van der Waals surface area contributed by atoms with Gasteiger partial charge < -0.3 is 14.6 Å². The number of oxime groups is 1. The summed E-state index contributed by atoms with van der Waals surface area (Å²) >= 11 is 0. The molecule has 0 radical (unpaired) electrons. The average Bonchev–Trinajstić information content (AvgIpc) is 2.51. The van der Waals surface area contributed by atoms with Crippen LogP contribution in [0.25, 0.3) is 0 Å². The molecule has 2 aromatic rings. The molecule has 0 bridgehead atoms. The van der Waals surface area contributed by atoms with E-state index in [1.807, 2.05) is 30.3 Å². The standard InChI is InChI=1S/C16H18NO4P/c18-22(19,20)16(15-9-5-2-6-10-15)11-12-17-21-13-14-7-3-1-4-8-14/h1-10,12,16H,11,13H2,(H2,18,19,20)/b17-12+. The highest BCUT2D eigenvalue weighted by Gasteiger charge is 2.29. The minimum Gasteiger partial charge on any atom is -0.391 e. The molecular weight excluding hydrogens is 301 g/mol. The van der Waals surface area contributed by atoms with Crippen molar-refractivity contribution in [2.24, 2.45) is 5.16 Å². The third-order valence-electron chi connectivity index (χ3n) is 3.14. The van der Waals surface area contributed by atoms with Gasteiger partial charge >= 0.3 is 7.60 Å². The summed E-state index contributed by atoms with van der Waals surface area (Å²) in [4.78, 5) is 24.1. The summed E-state index contributed by atoms with van der Waals surface area (Å²) < 4.78 is 11.6. The van der Waals surface area contributed by atoms with Gasteiger partial charge in [0, 0.05) is 12.6 Å². The van der Waals surface area contributed by atoms with Crippen LogP contribution < -0.4 is 0 Å². The molecule has 0 saturated heterocycles. The van der Waals surface area contributed by atoms with E-state index in [2.05, 4.69) is 5.16 Å². The van der Waals surface area contributed by atoms with Crippen LogP contribution in [0.4, 0.5) is 0 Å². The second-order valence-electron chi connectivity index (χ2n) is 4.80. The van der Waals surface area contributed by atoms with Gasteiger partial charge in [0.2, 0.25) is 0 Å². The largest absolute Gasteiger partial charge is 0.391 e. The van der Waals surface area contributed by atoms with E-state index in [1.165, 1.54) is 6.21 Å². The van der Waals surface area contributed by atoms with Gasteiger partial charge in [0.15, 0.2) is 0 Å². The zero-order chi connectivity index (χ0) is 15.8. The maximum Gasteiger partial charge on any atom is 0.333 e. The second kappa shape index (κ2) is 7.90.